The molecule has 0 bridgehead atoms. The van der Waals surface area contributed by atoms with Crippen LogP contribution in [0.15, 0.2) is 76.2 Å². The number of aliphatic hydroxyl groups is 1. The Kier molecular flexibility index (Phi) is 6.32. The Morgan fingerprint density at radius 2 is 1.79 bits per heavy atom. The van der Waals surface area contributed by atoms with Crippen molar-refractivity contribution in [2.75, 3.05) is 19.0 Å². The number of benzene rings is 2. The van der Waals surface area contributed by atoms with Crippen LogP contribution in [-0.4, -0.2) is 33.3 Å². The van der Waals surface area contributed by atoms with Crippen molar-refractivity contribution < 1.29 is 27.5 Å². The number of amides is 1. The van der Waals surface area contributed by atoms with Gasteiger partial charge in [0.1, 0.15) is 5.76 Å². The minimum Gasteiger partial charge on any atom is -0.464 e. The molecule has 0 fully saturated rings. The van der Waals surface area contributed by atoms with E-state index < -0.39 is 22.2 Å². The van der Waals surface area contributed by atoms with Gasteiger partial charge in [-0.05, 0) is 42.0 Å². The van der Waals surface area contributed by atoms with Crippen LogP contribution in [-0.2, 0) is 14.8 Å². The molecule has 8 nitrogen and oxygen atoms in total. The maximum Gasteiger partial charge on any atom is 0.411 e. The van der Waals surface area contributed by atoms with Gasteiger partial charge in [-0.2, -0.15) is 0 Å². The minimum atomic E-state index is -3.83. The largest absolute Gasteiger partial charge is 0.464 e. The Labute approximate surface area is 168 Å². The van der Waals surface area contributed by atoms with Crippen LogP contribution in [0.2, 0.25) is 0 Å². The molecular weight excluding hydrogens is 396 g/mol. The summed E-state index contributed by atoms with van der Waals surface area (Å²) >= 11 is 0. The van der Waals surface area contributed by atoms with Crippen molar-refractivity contribution in [3.8, 4) is 11.3 Å². The first-order valence-corrected chi connectivity index (χ1v) is 10.1. The third-order valence-corrected chi connectivity index (χ3v) is 5.60. The molecular formula is C20H20N2O6S. The van der Waals surface area contributed by atoms with Gasteiger partial charge in [0.2, 0.25) is 10.0 Å². The van der Waals surface area contributed by atoms with Crippen LogP contribution in [0.5, 0.6) is 0 Å². The van der Waals surface area contributed by atoms with Crippen molar-refractivity contribution in [3.63, 3.8) is 0 Å². The molecule has 0 aliphatic carbocycles. The zero-order chi connectivity index (χ0) is 20.9. The SMILES string of the molecule is COC(=O)Nc1ccc(S(=O)(=O)NC[C@@H](O)c2ccc(-c3ccco3)cc2)cc1. The van der Waals surface area contributed by atoms with Crippen molar-refractivity contribution in [1.82, 2.24) is 4.72 Å². The summed E-state index contributed by atoms with van der Waals surface area (Å²) in [5, 5.41) is 12.7. The highest BCUT2D eigenvalue weighted by molar-refractivity contribution is 7.89. The van der Waals surface area contributed by atoms with Gasteiger partial charge in [0, 0.05) is 17.8 Å². The van der Waals surface area contributed by atoms with Crippen LogP contribution >= 0.6 is 0 Å². The number of aliphatic hydroxyl groups excluding tert-OH is 1. The first-order chi connectivity index (χ1) is 13.9. The fraction of sp³-hybridized carbons (Fsp3) is 0.150. The summed E-state index contributed by atoms with van der Waals surface area (Å²) < 4.78 is 37.0. The Balaban J connectivity index is 1.61. The smallest absolute Gasteiger partial charge is 0.411 e. The molecule has 29 heavy (non-hydrogen) atoms. The maximum atomic E-state index is 12.4. The monoisotopic (exact) mass is 416 g/mol. The number of carbonyl (C=O) groups excluding carboxylic acids is 1. The predicted molar refractivity (Wildman–Crippen MR) is 107 cm³/mol. The van der Waals surface area contributed by atoms with Crippen LogP contribution < -0.4 is 10.0 Å². The standard InChI is InChI=1S/C20H20N2O6S/c1-27-20(24)22-16-8-10-17(11-9-16)29(25,26)21-13-18(23)14-4-6-15(7-5-14)19-3-2-12-28-19/h2-12,18,21,23H,13H2,1H3,(H,22,24)/t18-/m1/s1. The van der Waals surface area contributed by atoms with E-state index in [4.69, 9.17) is 4.42 Å². The molecule has 152 valence electrons. The molecule has 0 aliphatic heterocycles. The molecule has 0 aliphatic rings. The molecule has 1 amide bonds. The minimum absolute atomic E-state index is 0.00767. The molecule has 1 atom stereocenters. The number of furan rings is 1. The quantitative estimate of drug-likeness (QED) is 0.545. The van der Waals surface area contributed by atoms with Gasteiger partial charge >= 0.3 is 6.09 Å². The summed E-state index contributed by atoms with van der Waals surface area (Å²) in [5.41, 5.74) is 1.82. The van der Waals surface area contributed by atoms with Crippen LogP contribution in [0.4, 0.5) is 10.5 Å². The normalized spacial score (nSPS) is 12.3. The number of nitrogens with one attached hydrogen (secondary N) is 2. The van der Waals surface area contributed by atoms with Gasteiger partial charge in [-0.15, -0.1) is 0 Å². The highest BCUT2D eigenvalue weighted by Crippen LogP contribution is 2.22. The van der Waals surface area contributed by atoms with E-state index in [2.05, 4.69) is 14.8 Å². The van der Waals surface area contributed by atoms with Gasteiger partial charge in [-0.25, -0.2) is 17.9 Å². The topological polar surface area (TPSA) is 118 Å². The zero-order valence-corrected chi connectivity index (χ0v) is 16.3. The molecule has 0 spiro atoms. The highest BCUT2D eigenvalue weighted by Gasteiger charge is 2.17. The number of sulfonamides is 1. The summed E-state index contributed by atoms with van der Waals surface area (Å²) in [6, 6.07) is 16.2. The van der Waals surface area contributed by atoms with E-state index in [-0.39, 0.29) is 11.4 Å². The van der Waals surface area contributed by atoms with Crippen molar-refractivity contribution >= 4 is 21.8 Å². The molecule has 2 aromatic carbocycles. The zero-order valence-electron chi connectivity index (χ0n) is 15.5. The fourth-order valence-corrected chi connectivity index (χ4v) is 3.63. The summed E-state index contributed by atoms with van der Waals surface area (Å²) in [6.07, 6.45) is -0.0964. The summed E-state index contributed by atoms with van der Waals surface area (Å²) in [6.45, 7) is -0.190. The van der Waals surface area contributed by atoms with Crippen LogP contribution in [0, 0.1) is 0 Å². The molecule has 3 N–H and O–H groups in total. The third kappa shape index (κ3) is 5.23. The molecule has 9 heteroatoms. The number of hydrogen-bond acceptors (Lipinski definition) is 6. The van der Waals surface area contributed by atoms with Gasteiger partial charge < -0.3 is 14.3 Å². The Hall–Kier alpha value is -3.14. The molecule has 0 radical (unpaired) electrons. The van der Waals surface area contributed by atoms with Crippen LogP contribution in [0.1, 0.15) is 11.7 Å². The van der Waals surface area contributed by atoms with Gasteiger partial charge in [-0.3, -0.25) is 5.32 Å². The average molecular weight is 416 g/mol. The Bertz CT molecular complexity index is 1050. The number of ether oxygens (including phenoxy) is 1. The van der Waals surface area contributed by atoms with E-state index in [1.165, 1.54) is 31.4 Å². The molecule has 0 saturated heterocycles. The maximum absolute atomic E-state index is 12.4. The Morgan fingerprint density at radius 1 is 1.10 bits per heavy atom. The number of methoxy groups -OCH3 is 1. The van der Waals surface area contributed by atoms with Crippen molar-refractivity contribution in [1.29, 1.82) is 0 Å². The van der Waals surface area contributed by atoms with Gasteiger partial charge in [0.25, 0.3) is 0 Å². The molecule has 1 heterocycles. The Morgan fingerprint density at radius 3 is 2.38 bits per heavy atom. The second-order valence-electron chi connectivity index (χ2n) is 6.11. The number of anilines is 1. The lowest BCUT2D eigenvalue weighted by atomic mass is 10.1. The van der Waals surface area contributed by atoms with Crippen molar-refractivity contribution in [2.24, 2.45) is 0 Å². The van der Waals surface area contributed by atoms with E-state index >= 15 is 0 Å². The molecule has 0 saturated carbocycles. The van der Waals surface area contributed by atoms with E-state index in [0.717, 1.165) is 5.56 Å². The summed E-state index contributed by atoms with van der Waals surface area (Å²) in [5.74, 6) is 0.705. The van der Waals surface area contributed by atoms with Gasteiger partial charge in [0.05, 0.1) is 24.4 Å². The van der Waals surface area contributed by atoms with E-state index in [0.29, 0.717) is 17.0 Å². The predicted octanol–water partition coefficient (Wildman–Crippen LogP) is 3.14. The lowest BCUT2D eigenvalue weighted by molar-refractivity contribution is 0.182. The fourth-order valence-electron chi connectivity index (χ4n) is 2.59. The lowest BCUT2D eigenvalue weighted by Gasteiger charge is -2.13. The molecule has 3 aromatic rings. The van der Waals surface area contributed by atoms with Crippen LogP contribution in [0.25, 0.3) is 11.3 Å². The van der Waals surface area contributed by atoms with E-state index in [1.54, 1.807) is 36.6 Å². The van der Waals surface area contributed by atoms with Crippen molar-refractivity contribution in [2.45, 2.75) is 11.0 Å². The number of rotatable bonds is 7. The molecule has 1 aromatic heterocycles. The lowest BCUT2D eigenvalue weighted by Crippen LogP contribution is -2.28. The first-order valence-electron chi connectivity index (χ1n) is 8.65. The van der Waals surface area contributed by atoms with Crippen LogP contribution in [0.3, 0.4) is 0 Å². The highest BCUT2D eigenvalue weighted by atomic mass is 32.2. The average Bonchev–Trinajstić information content (AvgIpc) is 3.27. The summed E-state index contributed by atoms with van der Waals surface area (Å²) in [7, 11) is -2.60. The van der Waals surface area contributed by atoms with Gasteiger partial charge in [0.15, 0.2) is 0 Å². The first kappa shape index (κ1) is 20.6. The van der Waals surface area contributed by atoms with E-state index in [9.17, 15) is 18.3 Å². The van der Waals surface area contributed by atoms with E-state index in [1.807, 2.05) is 6.07 Å². The molecule has 3 rings (SSSR count). The third-order valence-electron chi connectivity index (χ3n) is 4.16. The van der Waals surface area contributed by atoms with Gasteiger partial charge in [-0.1, -0.05) is 24.3 Å². The number of hydrogen-bond donors (Lipinski definition) is 3. The second-order valence-corrected chi connectivity index (χ2v) is 7.87. The summed E-state index contributed by atoms with van der Waals surface area (Å²) in [4.78, 5) is 11.2. The second kappa shape index (κ2) is 8.91. The molecule has 0 unspecified atom stereocenters. The number of carbonyl (C=O) groups is 1. The van der Waals surface area contributed by atoms with Crippen molar-refractivity contribution in [3.05, 3.63) is 72.5 Å².